The maximum Gasteiger partial charge on any atom is 0.241 e. The predicted octanol–water partition coefficient (Wildman–Crippen LogP) is 2.62. The SMILES string of the molecule is O=C(CNS(=O)(=O)c1ccc2c(c1)OCCCO2)N[C@H]1CCSc2ccc(F)cc21. The van der Waals surface area contributed by atoms with Crippen LogP contribution in [0.4, 0.5) is 4.39 Å². The lowest BCUT2D eigenvalue weighted by Crippen LogP contribution is -2.39. The van der Waals surface area contributed by atoms with Gasteiger partial charge < -0.3 is 14.8 Å². The van der Waals surface area contributed by atoms with E-state index < -0.39 is 22.5 Å². The lowest BCUT2D eigenvalue weighted by Gasteiger charge is -2.26. The largest absolute Gasteiger partial charge is 0.490 e. The number of ether oxygens (including phenoxy) is 2. The highest BCUT2D eigenvalue weighted by molar-refractivity contribution is 7.99. The van der Waals surface area contributed by atoms with Crippen LogP contribution in [0, 0.1) is 5.82 Å². The van der Waals surface area contributed by atoms with Crippen LogP contribution < -0.4 is 19.5 Å². The summed E-state index contributed by atoms with van der Waals surface area (Å²) in [6, 6.07) is 8.48. The summed E-state index contributed by atoms with van der Waals surface area (Å²) in [5.74, 6) is 0.779. The average molecular weight is 453 g/mol. The van der Waals surface area contributed by atoms with Crippen LogP contribution in [0.25, 0.3) is 0 Å². The molecule has 0 saturated heterocycles. The molecule has 2 heterocycles. The maximum absolute atomic E-state index is 13.6. The first-order valence-corrected chi connectivity index (χ1v) is 12.0. The zero-order valence-corrected chi connectivity index (χ0v) is 17.7. The molecule has 0 unspecified atom stereocenters. The van der Waals surface area contributed by atoms with Crippen molar-refractivity contribution in [2.24, 2.45) is 0 Å². The van der Waals surface area contributed by atoms with Crippen LogP contribution in [0.15, 0.2) is 46.2 Å². The summed E-state index contributed by atoms with van der Waals surface area (Å²) in [7, 11) is -3.92. The molecule has 0 aromatic heterocycles. The number of hydrogen-bond acceptors (Lipinski definition) is 6. The average Bonchev–Trinajstić information content (AvgIpc) is 2.98. The summed E-state index contributed by atoms with van der Waals surface area (Å²) in [5, 5.41) is 2.79. The third kappa shape index (κ3) is 4.71. The molecule has 2 N–H and O–H groups in total. The van der Waals surface area contributed by atoms with Crippen molar-refractivity contribution in [3.63, 3.8) is 0 Å². The van der Waals surface area contributed by atoms with Crippen molar-refractivity contribution in [2.45, 2.75) is 28.7 Å². The van der Waals surface area contributed by atoms with Gasteiger partial charge in [0.15, 0.2) is 11.5 Å². The molecule has 1 amide bonds. The van der Waals surface area contributed by atoms with E-state index in [4.69, 9.17) is 9.47 Å². The van der Waals surface area contributed by atoms with E-state index in [2.05, 4.69) is 10.0 Å². The minimum absolute atomic E-state index is 0.0129. The van der Waals surface area contributed by atoms with Gasteiger partial charge in [0.2, 0.25) is 15.9 Å². The molecule has 0 spiro atoms. The number of carbonyl (C=O) groups is 1. The van der Waals surface area contributed by atoms with Gasteiger partial charge in [-0.1, -0.05) is 0 Å². The van der Waals surface area contributed by atoms with Crippen LogP contribution in [0.2, 0.25) is 0 Å². The van der Waals surface area contributed by atoms with E-state index in [-0.39, 0.29) is 16.8 Å². The van der Waals surface area contributed by atoms with Crippen LogP contribution in [-0.4, -0.2) is 39.8 Å². The molecule has 1 atom stereocenters. The number of amides is 1. The van der Waals surface area contributed by atoms with Gasteiger partial charge in [0.1, 0.15) is 5.82 Å². The van der Waals surface area contributed by atoms with Crippen LogP contribution >= 0.6 is 11.8 Å². The van der Waals surface area contributed by atoms with Crippen molar-refractivity contribution in [1.82, 2.24) is 10.0 Å². The first kappa shape index (κ1) is 21.0. The number of fused-ring (bicyclic) bond motifs is 2. The molecule has 7 nitrogen and oxygen atoms in total. The summed E-state index contributed by atoms with van der Waals surface area (Å²) < 4.78 is 52.2. The third-order valence-electron chi connectivity index (χ3n) is 4.80. The van der Waals surface area contributed by atoms with Gasteiger partial charge in [-0.15, -0.1) is 11.8 Å². The van der Waals surface area contributed by atoms with Gasteiger partial charge in [0, 0.05) is 23.1 Å². The number of halogens is 1. The van der Waals surface area contributed by atoms with Gasteiger partial charge in [-0.25, -0.2) is 17.5 Å². The Hall–Kier alpha value is -2.30. The first-order chi connectivity index (χ1) is 14.4. The van der Waals surface area contributed by atoms with Gasteiger partial charge in [-0.05, 0) is 42.3 Å². The van der Waals surface area contributed by atoms with E-state index >= 15 is 0 Å². The van der Waals surface area contributed by atoms with Crippen molar-refractivity contribution >= 4 is 27.7 Å². The Bertz CT molecular complexity index is 1060. The molecule has 2 aliphatic heterocycles. The number of benzene rings is 2. The molecule has 4 rings (SSSR count). The molecule has 160 valence electrons. The van der Waals surface area contributed by atoms with Crippen LogP contribution in [0.3, 0.4) is 0 Å². The Morgan fingerprint density at radius 3 is 2.77 bits per heavy atom. The number of thioether (sulfide) groups is 1. The molecular formula is C20H21FN2O5S2. The Kier molecular flexibility index (Phi) is 6.16. The smallest absolute Gasteiger partial charge is 0.241 e. The van der Waals surface area contributed by atoms with E-state index in [0.29, 0.717) is 43.1 Å². The Morgan fingerprint density at radius 1 is 1.13 bits per heavy atom. The molecule has 30 heavy (non-hydrogen) atoms. The zero-order chi connectivity index (χ0) is 21.1. The molecular weight excluding hydrogens is 431 g/mol. The lowest BCUT2D eigenvalue weighted by atomic mass is 10.0. The molecule has 2 aromatic carbocycles. The van der Waals surface area contributed by atoms with E-state index in [9.17, 15) is 17.6 Å². The van der Waals surface area contributed by atoms with E-state index in [1.54, 1.807) is 23.9 Å². The number of nitrogens with one attached hydrogen (secondary N) is 2. The molecule has 0 radical (unpaired) electrons. The van der Waals surface area contributed by atoms with Crippen molar-refractivity contribution < 1.29 is 27.1 Å². The second-order valence-electron chi connectivity index (χ2n) is 6.92. The molecule has 10 heteroatoms. The van der Waals surface area contributed by atoms with Gasteiger partial charge in [-0.2, -0.15) is 0 Å². The second kappa shape index (κ2) is 8.83. The predicted molar refractivity (Wildman–Crippen MR) is 110 cm³/mol. The second-order valence-corrected chi connectivity index (χ2v) is 9.83. The highest BCUT2D eigenvalue weighted by Gasteiger charge is 2.24. The summed E-state index contributed by atoms with van der Waals surface area (Å²) in [6.45, 7) is 0.517. The summed E-state index contributed by atoms with van der Waals surface area (Å²) in [6.07, 6.45) is 1.35. The Labute approximate surface area is 178 Å². The van der Waals surface area contributed by atoms with Gasteiger partial charge >= 0.3 is 0 Å². The molecule has 0 aliphatic carbocycles. The fraction of sp³-hybridized carbons (Fsp3) is 0.350. The molecule has 2 aromatic rings. The molecule has 2 aliphatic rings. The number of carbonyl (C=O) groups excluding carboxylic acids is 1. The minimum Gasteiger partial charge on any atom is -0.490 e. The van der Waals surface area contributed by atoms with Crippen LogP contribution in [0.5, 0.6) is 11.5 Å². The first-order valence-electron chi connectivity index (χ1n) is 9.53. The van der Waals surface area contributed by atoms with Crippen molar-refractivity contribution in [3.05, 3.63) is 47.8 Å². The molecule has 0 bridgehead atoms. The number of hydrogen-bond donors (Lipinski definition) is 2. The van der Waals surface area contributed by atoms with E-state index in [1.807, 2.05) is 0 Å². The van der Waals surface area contributed by atoms with E-state index in [1.165, 1.54) is 24.3 Å². The van der Waals surface area contributed by atoms with Gasteiger partial charge in [0.25, 0.3) is 0 Å². The normalized spacial score (nSPS) is 18.2. The lowest BCUT2D eigenvalue weighted by molar-refractivity contribution is -0.120. The highest BCUT2D eigenvalue weighted by Crippen LogP contribution is 2.36. The summed E-state index contributed by atoms with van der Waals surface area (Å²) in [5.41, 5.74) is 0.713. The molecule has 0 saturated carbocycles. The maximum atomic E-state index is 13.6. The fourth-order valence-corrected chi connectivity index (χ4v) is 5.42. The van der Waals surface area contributed by atoms with Crippen molar-refractivity contribution in [2.75, 3.05) is 25.5 Å². The van der Waals surface area contributed by atoms with Crippen molar-refractivity contribution in [3.8, 4) is 11.5 Å². The number of rotatable bonds is 5. The minimum atomic E-state index is -3.92. The topological polar surface area (TPSA) is 93.7 Å². The zero-order valence-electron chi connectivity index (χ0n) is 16.0. The molecule has 0 fully saturated rings. The number of sulfonamides is 1. The summed E-state index contributed by atoms with van der Waals surface area (Å²) in [4.78, 5) is 13.3. The van der Waals surface area contributed by atoms with Crippen LogP contribution in [0.1, 0.15) is 24.4 Å². The summed E-state index contributed by atoms with van der Waals surface area (Å²) >= 11 is 1.60. The monoisotopic (exact) mass is 452 g/mol. The van der Waals surface area contributed by atoms with E-state index in [0.717, 1.165) is 10.6 Å². The standard InChI is InChI=1S/C20H21FN2O5S2/c21-13-2-5-19-15(10-13)16(6-9-29-19)23-20(24)12-22-30(25,26)14-3-4-17-18(11-14)28-8-1-7-27-17/h2-5,10-11,16,22H,1,6-9,12H2,(H,23,24)/t16-/m0/s1. The third-order valence-corrected chi connectivity index (χ3v) is 7.32. The van der Waals surface area contributed by atoms with Gasteiger partial charge in [0.05, 0.1) is 30.7 Å². The van der Waals surface area contributed by atoms with Crippen molar-refractivity contribution in [1.29, 1.82) is 0 Å². The highest BCUT2D eigenvalue weighted by atomic mass is 32.2. The Morgan fingerprint density at radius 2 is 1.93 bits per heavy atom. The fourth-order valence-electron chi connectivity index (χ4n) is 3.32. The van der Waals surface area contributed by atoms with Crippen LogP contribution in [-0.2, 0) is 14.8 Å². The Balaban J connectivity index is 1.41. The quantitative estimate of drug-likeness (QED) is 0.725. The van der Waals surface area contributed by atoms with Gasteiger partial charge in [-0.3, -0.25) is 4.79 Å².